The summed E-state index contributed by atoms with van der Waals surface area (Å²) in [4.78, 5) is 29.4. The summed E-state index contributed by atoms with van der Waals surface area (Å²) in [5.74, 6) is 0.586. The molecular weight excluding hydrogens is 438 g/mol. The molecular formula is C28H33N5O2. The molecule has 35 heavy (non-hydrogen) atoms. The summed E-state index contributed by atoms with van der Waals surface area (Å²) in [5.41, 5.74) is 5.64. The van der Waals surface area contributed by atoms with E-state index in [2.05, 4.69) is 83.5 Å². The summed E-state index contributed by atoms with van der Waals surface area (Å²) in [7, 11) is 0. The Morgan fingerprint density at radius 1 is 1.14 bits per heavy atom. The molecule has 2 aliphatic heterocycles. The van der Waals surface area contributed by atoms with Gasteiger partial charge in [-0.15, -0.1) is 0 Å². The zero-order valence-corrected chi connectivity index (χ0v) is 20.8. The molecule has 2 aliphatic rings. The van der Waals surface area contributed by atoms with Crippen LogP contribution in [0.5, 0.6) is 0 Å². The van der Waals surface area contributed by atoms with E-state index in [4.69, 9.17) is 9.73 Å². The van der Waals surface area contributed by atoms with E-state index in [1.807, 2.05) is 6.07 Å². The highest BCUT2D eigenvalue weighted by Gasteiger charge is 2.26. The molecule has 3 aromatic rings. The predicted octanol–water partition coefficient (Wildman–Crippen LogP) is 3.13. The maximum Gasteiger partial charge on any atom is 0.279 e. The van der Waals surface area contributed by atoms with Gasteiger partial charge in [0, 0.05) is 26.2 Å². The summed E-state index contributed by atoms with van der Waals surface area (Å²) in [6.45, 7) is 13.7. The van der Waals surface area contributed by atoms with Gasteiger partial charge in [0.1, 0.15) is 5.48 Å². The number of fused-ring (bicyclic) bond motifs is 2. The van der Waals surface area contributed by atoms with Crippen LogP contribution in [0.3, 0.4) is 0 Å². The number of benzene rings is 2. The Kier molecular flexibility index (Phi) is 6.54. The molecule has 0 amide bonds. The summed E-state index contributed by atoms with van der Waals surface area (Å²) >= 11 is 0. The van der Waals surface area contributed by atoms with Gasteiger partial charge in [0.25, 0.3) is 5.56 Å². The number of hydrogen-bond donors (Lipinski definition) is 1. The zero-order valence-electron chi connectivity index (χ0n) is 20.8. The van der Waals surface area contributed by atoms with Crippen molar-refractivity contribution < 1.29 is 4.74 Å². The number of H-pyrrole nitrogens is 1. The van der Waals surface area contributed by atoms with Gasteiger partial charge in [-0.2, -0.15) is 0 Å². The third-order valence-electron chi connectivity index (χ3n) is 6.72. The van der Waals surface area contributed by atoms with Crippen molar-refractivity contribution in [3.05, 3.63) is 80.3 Å². The van der Waals surface area contributed by atoms with Gasteiger partial charge in [0.15, 0.2) is 11.2 Å². The van der Waals surface area contributed by atoms with E-state index in [9.17, 15) is 4.79 Å². The van der Waals surface area contributed by atoms with Gasteiger partial charge in [-0.25, -0.2) is 9.98 Å². The van der Waals surface area contributed by atoms with Gasteiger partial charge >= 0.3 is 0 Å². The lowest BCUT2D eigenvalue weighted by molar-refractivity contribution is -0.0705. The van der Waals surface area contributed by atoms with Crippen LogP contribution in [-0.4, -0.2) is 46.7 Å². The van der Waals surface area contributed by atoms with E-state index in [0.29, 0.717) is 16.7 Å². The fraction of sp³-hybridized carbons (Fsp3) is 0.393. The molecule has 0 radical (unpaired) electrons. The Balaban J connectivity index is 1.50. The van der Waals surface area contributed by atoms with Crippen molar-refractivity contribution in [2.45, 2.75) is 52.4 Å². The van der Waals surface area contributed by atoms with Crippen LogP contribution in [0.1, 0.15) is 37.0 Å². The van der Waals surface area contributed by atoms with Crippen molar-refractivity contribution in [1.29, 1.82) is 0 Å². The van der Waals surface area contributed by atoms with Crippen molar-refractivity contribution in [2.75, 3.05) is 24.5 Å². The second-order valence-corrected chi connectivity index (χ2v) is 9.76. The zero-order chi connectivity index (χ0) is 24.5. The van der Waals surface area contributed by atoms with Crippen LogP contribution < -0.4 is 21.3 Å². The standard InChI is InChI=1S/C28H33N5O2/c1-18-13-24-25(14-23(18)17-32-15-19(2)35-20(3)16-32)33(12-8-11-22-9-6-5-7-10-22)27-26(31-24)28(34)30-21(4)29-27/h5-7,9-10,13-14,19-20H,4,8,11-12,15-17H2,1-3H3,(H,30,34). The number of aromatic nitrogens is 2. The maximum absolute atomic E-state index is 12.7. The van der Waals surface area contributed by atoms with Gasteiger partial charge in [-0.1, -0.05) is 36.9 Å². The molecule has 2 unspecified atom stereocenters. The number of ether oxygens (including phenoxy) is 1. The minimum atomic E-state index is -0.253. The van der Waals surface area contributed by atoms with Crippen LogP contribution in [0.25, 0.3) is 6.58 Å². The smallest absolute Gasteiger partial charge is 0.279 e. The van der Waals surface area contributed by atoms with Gasteiger partial charge < -0.3 is 14.6 Å². The molecule has 5 rings (SSSR count). The van der Waals surface area contributed by atoms with Crippen LogP contribution in [0, 0.1) is 6.92 Å². The van der Waals surface area contributed by atoms with Gasteiger partial charge in [0.2, 0.25) is 0 Å². The molecule has 1 fully saturated rings. The van der Waals surface area contributed by atoms with Crippen LogP contribution in [-0.2, 0) is 17.7 Å². The third-order valence-corrected chi connectivity index (χ3v) is 6.72. The van der Waals surface area contributed by atoms with E-state index in [1.165, 1.54) is 16.7 Å². The van der Waals surface area contributed by atoms with E-state index >= 15 is 0 Å². The monoisotopic (exact) mass is 471 g/mol. The van der Waals surface area contributed by atoms with Crippen molar-refractivity contribution in [2.24, 2.45) is 4.99 Å². The second kappa shape index (κ2) is 9.76. The summed E-state index contributed by atoms with van der Waals surface area (Å²) in [6.07, 6.45) is 2.31. The number of anilines is 2. The number of aryl methyl sites for hydroxylation is 2. The first-order chi connectivity index (χ1) is 16.9. The van der Waals surface area contributed by atoms with Crippen molar-refractivity contribution in [3.8, 4) is 0 Å². The lowest BCUT2D eigenvalue weighted by Gasteiger charge is -2.36. The molecule has 1 saturated heterocycles. The van der Waals surface area contributed by atoms with Crippen LogP contribution in [0.2, 0.25) is 0 Å². The highest BCUT2D eigenvalue weighted by atomic mass is 16.5. The average molecular weight is 472 g/mol. The van der Waals surface area contributed by atoms with Crippen molar-refractivity contribution in [1.82, 2.24) is 14.9 Å². The molecule has 3 heterocycles. The van der Waals surface area contributed by atoms with Crippen molar-refractivity contribution in [3.63, 3.8) is 0 Å². The lowest BCUT2D eigenvalue weighted by atomic mass is 10.0. The van der Waals surface area contributed by atoms with E-state index in [1.54, 1.807) is 0 Å². The van der Waals surface area contributed by atoms with Gasteiger partial charge in [0.05, 0.1) is 23.6 Å². The van der Waals surface area contributed by atoms with Crippen molar-refractivity contribution >= 4 is 23.8 Å². The minimum absolute atomic E-state index is 0.222. The summed E-state index contributed by atoms with van der Waals surface area (Å²) < 4.78 is 5.92. The van der Waals surface area contributed by atoms with Gasteiger partial charge in [-0.3, -0.25) is 9.69 Å². The Morgan fingerprint density at radius 2 is 1.89 bits per heavy atom. The first-order valence-electron chi connectivity index (χ1n) is 12.4. The summed E-state index contributed by atoms with van der Waals surface area (Å²) in [6, 6.07) is 14.8. The largest absolute Gasteiger partial charge is 0.373 e. The van der Waals surface area contributed by atoms with E-state index in [0.717, 1.165) is 50.4 Å². The molecule has 1 aromatic heterocycles. The molecule has 7 nitrogen and oxygen atoms in total. The predicted molar refractivity (Wildman–Crippen MR) is 139 cm³/mol. The topological polar surface area (TPSA) is 73.8 Å². The molecule has 2 atom stereocenters. The Bertz CT molecular complexity index is 1370. The molecule has 182 valence electrons. The molecule has 1 N–H and O–H groups in total. The van der Waals surface area contributed by atoms with Crippen LogP contribution in [0.4, 0.5) is 17.2 Å². The molecule has 0 bridgehead atoms. The van der Waals surface area contributed by atoms with Gasteiger partial charge in [-0.05, 0) is 62.4 Å². The van der Waals surface area contributed by atoms with E-state index < -0.39 is 0 Å². The number of aromatic amines is 1. The molecule has 7 heteroatoms. The Morgan fingerprint density at radius 3 is 2.63 bits per heavy atom. The average Bonchev–Trinajstić information content (AvgIpc) is 2.80. The fourth-order valence-corrected chi connectivity index (χ4v) is 5.19. The van der Waals surface area contributed by atoms with E-state index in [-0.39, 0.29) is 17.8 Å². The minimum Gasteiger partial charge on any atom is -0.373 e. The Hall–Kier alpha value is -3.29. The molecule has 0 spiro atoms. The highest BCUT2D eigenvalue weighted by molar-refractivity contribution is 5.77. The molecule has 0 aliphatic carbocycles. The second-order valence-electron chi connectivity index (χ2n) is 9.76. The first-order valence-corrected chi connectivity index (χ1v) is 12.4. The third kappa shape index (κ3) is 5.06. The number of morpholine rings is 1. The maximum atomic E-state index is 12.7. The van der Waals surface area contributed by atoms with Crippen LogP contribution in [0.15, 0.2) is 52.3 Å². The quantitative estimate of drug-likeness (QED) is 0.598. The normalized spacial score (nSPS) is 19.7. The highest BCUT2D eigenvalue weighted by Crippen LogP contribution is 2.37. The number of hydrogen-bond acceptors (Lipinski definition) is 6. The fourth-order valence-electron chi connectivity index (χ4n) is 5.19. The lowest BCUT2D eigenvalue weighted by Crippen LogP contribution is -2.45. The van der Waals surface area contributed by atoms with Crippen LogP contribution >= 0.6 is 0 Å². The molecule has 0 saturated carbocycles. The Labute approximate surface area is 205 Å². The summed E-state index contributed by atoms with van der Waals surface area (Å²) in [5, 5.41) is 0.354. The molecule has 2 aromatic carbocycles. The SMILES string of the molecule is C=c1nc2c(c(=O)[nH]1)=Nc1cc(C)c(CN3CC(C)OC(C)C3)cc1N2CCCc1ccccc1. The number of nitrogens with zero attached hydrogens (tertiary/aromatic N) is 4. The number of rotatable bonds is 6. The number of nitrogens with one attached hydrogen (secondary N) is 1. The first kappa shape index (κ1) is 23.5.